The maximum Gasteiger partial charge on any atom is 0.239 e. The highest BCUT2D eigenvalue weighted by molar-refractivity contribution is 5.93. The summed E-state index contributed by atoms with van der Waals surface area (Å²) in [4.78, 5) is 37.8. The van der Waals surface area contributed by atoms with Crippen molar-refractivity contribution in [3.8, 4) is 0 Å². The summed E-state index contributed by atoms with van der Waals surface area (Å²) in [5, 5.41) is 0. The van der Waals surface area contributed by atoms with Crippen molar-refractivity contribution in [1.82, 2.24) is 4.90 Å². The van der Waals surface area contributed by atoms with Gasteiger partial charge in [0.15, 0.2) is 5.78 Å². The lowest BCUT2D eigenvalue weighted by Crippen LogP contribution is -2.53. The van der Waals surface area contributed by atoms with Crippen LogP contribution in [0.1, 0.15) is 46.1 Å². The fraction of sp³-hybridized carbons (Fsp3) is 0.526. The number of Topliss-reactive ketones (excluding diaryl/α,β-unsaturated/α-hetero) is 1. The quantitative estimate of drug-likeness (QED) is 0.727. The van der Waals surface area contributed by atoms with E-state index in [0.717, 1.165) is 17.0 Å². The van der Waals surface area contributed by atoms with Crippen LogP contribution in [0.5, 0.6) is 0 Å². The van der Waals surface area contributed by atoms with E-state index in [4.69, 9.17) is 5.73 Å². The van der Waals surface area contributed by atoms with Crippen LogP contribution in [0, 0.1) is 17.6 Å². The number of nitrogens with zero attached hydrogens (tertiary/aromatic N) is 1. The average Bonchev–Trinajstić information content (AvgIpc) is 2.51. The highest BCUT2D eigenvalue weighted by Crippen LogP contribution is 2.16. The van der Waals surface area contributed by atoms with Crippen LogP contribution in [-0.4, -0.2) is 34.6 Å². The van der Waals surface area contributed by atoms with Gasteiger partial charge in [0.1, 0.15) is 17.7 Å². The van der Waals surface area contributed by atoms with Gasteiger partial charge in [-0.15, -0.1) is 0 Å². The standard InChI is InChI=1S/C19H26F2N2O3/c1-11(2)5-6-17(24)12(3)23(13(4)19(22)26)18(25)9-14-7-15(20)10-16(21)8-14/h7-8,10-13H,5-6,9H2,1-4H3,(H2,22,26)/t12-,13-/m0/s1. The molecule has 0 aliphatic carbocycles. The number of amides is 2. The summed E-state index contributed by atoms with van der Waals surface area (Å²) in [6.07, 6.45) is 0.585. The second kappa shape index (κ2) is 9.40. The minimum absolute atomic E-state index is 0.121. The maximum atomic E-state index is 13.3. The summed E-state index contributed by atoms with van der Waals surface area (Å²) in [5.74, 6) is -2.82. The first-order valence-electron chi connectivity index (χ1n) is 8.61. The van der Waals surface area contributed by atoms with Gasteiger partial charge < -0.3 is 10.6 Å². The first kappa shape index (κ1) is 21.7. The van der Waals surface area contributed by atoms with Gasteiger partial charge in [0.25, 0.3) is 0 Å². The summed E-state index contributed by atoms with van der Waals surface area (Å²) >= 11 is 0. The van der Waals surface area contributed by atoms with E-state index in [1.165, 1.54) is 13.8 Å². The summed E-state index contributed by atoms with van der Waals surface area (Å²) in [6, 6.07) is 0.912. The van der Waals surface area contributed by atoms with Crippen LogP contribution in [0.15, 0.2) is 18.2 Å². The molecular weight excluding hydrogens is 342 g/mol. The highest BCUT2D eigenvalue weighted by Gasteiger charge is 2.32. The van der Waals surface area contributed by atoms with Gasteiger partial charge in [-0.2, -0.15) is 0 Å². The zero-order chi connectivity index (χ0) is 20.0. The molecule has 1 rings (SSSR count). The predicted octanol–water partition coefficient (Wildman–Crippen LogP) is 2.60. The number of rotatable bonds is 9. The number of hydrogen-bond donors (Lipinski definition) is 1. The van der Waals surface area contributed by atoms with Crippen LogP contribution in [0.4, 0.5) is 8.78 Å². The van der Waals surface area contributed by atoms with Crippen LogP contribution >= 0.6 is 0 Å². The Balaban J connectivity index is 3.02. The molecule has 0 radical (unpaired) electrons. The van der Waals surface area contributed by atoms with Crippen LogP contribution in [0.2, 0.25) is 0 Å². The van der Waals surface area contributed by atoms with Crippen LogP contribution < -0.4 is 5.73 Å². The van der Waals surface area contributed by atoms with Crippen molar-refractivity contribution in [2.24, 2.45) is 11.7 Å². The van der Waals surface area contributed by atoms with Gasteiger partial charge in [0.05, 0.1) is 12.5 Å². The van der Waals surface area contributed by atoms with Crippen LogP contribution in [-0.2, 0) is 20.8 Å². The summed E-state index contributed by atoms with van der Waals surface area (Å²) in [7, 11) is 0. The molecule has 5 nitrogen and oxygen atoms in total. The molecule has 0 aliphatic rings. The van der Waals surface area contributed by atoms with Crippen molar-refractivity contribution in [1.29, 1.82) is 0 Å². The van der Waals surface area contributed by atoms with Crippen molar-refractivity contribution in [2.75, 3.05) is 0 Å². The highest BCUT2D eigenvalue weighted by atomic mass is 19.1. The Morgan fingerprint density at radius 1 is 1.00 bits per heavy atom. The lowest BCUT2D eigenvalue weighted by Gasteiger charge is -2.32. The van der Waals surface area contributed by atoms with Gasteiger partial charge in [-0.1, -0.05) is 13.8 Å². The number of hydrogen-bond acceptors (Lipinski definition) is 3. The Morgan fingerprint density at radius 2 is 1.54 bits per heavy atom. The first-order valence-corrected chi connectivity index (χ1v) is 8.61. The van der Waals surface area contributed by atoms with E-state index in [0.29, 0.717) is 18.4 Å². The lowest BCUT2D eigenvalue weighted by molar-refractivity contribution is -0.144. The first-order chi connectivity index (χ1) is 12.0. The minimum atomic E-state index is -1.01. The van der Waals surface area contributed by atoms with Gasteiger partial charge in [0.2, 0.25) is 11.8 Å². The van der Waals surface area contributed by atoms with E-state index < -0.39 is 35.5 Å². The molecule has 1 aromatic carbocycles. The molecule has 7 heteroatoms. The molecule has 0 bridgehead atoms. The number of halogens is 2. The number of ketones is 1. The molecule has 0 unspecified atom stereocenters. The van der Waals surface area contributed by atoms with E-state index in [1.54, 1.807) is 0 Å². The Hall–Kier alpha value is -2.31. The smallest absolute Gasteiger partial charge is 0.239 e. The second-order valence-corrected chi connectivity index (χ2v) is 6.91. The maximum absolute atomic E-state index is 13.3. The molecule has 2 N–H and O–H groups in total. The molecule has 0 fully saturated rings. The Bertz CT molecular complexity index is 656. The van der Waals surface area contributed by atoms with E-state index in [1.807, 2.05) is 13.8 Å². The van der Waals surface area contributed by atoms with Crippen LogP contribution in [0.3, 0.4) is 0 Å². The van der Waals surface area contributed by atoms with E-state index in [2.05, 4.69) is 0 Å². The average molecular weight is 368 g/mol. The number of nitrogens with two attached hydrogens (primary N) is 1. The number of carbonyl (C=O) groups is 3. The molecule has 0 aromatic heterocycles. The molecule has 0 spiro atoms. The topological polar surface area (TPSA) is 80.5 Å². The summed E-state index contributed by atoms with van der Waals surface area (Å²) in [6.45, 7) is 6.92. The normalized spacial score (nSPS) is 13.3. The summed E-state index contributed by atoms with van der Waals surface area (Å²) in [5.41, 5.74) is 5.43. The zero-order valence-electron chi connectivity index (χ0n) is 15.6. The molecule has 0 aliphatic heterocycles. The monoisotopic (exact) mass is 368 g/mol. The zero-order valence-corrected chi connectivity index (χ0v) is 15.6. The molecule has 0 saturated carbocycles. The second-order valence-electron chi connectivity index (χ2n) is 6.91. The molecule has 1 aromatic rings. The predicted molar refractivity (Wildman–Crippen MR) is 94.1 cm³/mol. The van der Waals surface area contributed by atoms with Crippen molar-refractivity contribution >= 4 is 17.6 Å². The number of primary amides is 1. The van der Waals surface area contributed by atoms with Gasteiger partial charge in [-0.3, -0.25) is 14.4 Å². The molecule has 0 heterocycles. The molecule has 2 amide bonds. The molecule has 2 atom stereocenters. The van der Waals surface area contributed by atoms with Crippen molar-refractivity contribution in [2.45, 2.75) is 59.0 Å². The van der Waals surface area contributed by atoms with Crippen molar-refractivity contribution in [3.63, 3.8) is 0 Å². The van der Waals surface area contributed by atoms with Crippen molar-refractivity contribution < 1.29 is 23.2 Å². The minimum Gasteiger partial charge on any atom is -0.368 e. The largest absolute Gasteiger partial charge is 0.368 e. The SMILES string of the molecule is CC(C)CCC(=O)[C@H](C)N(C(=O)Cc1cc(F)cc(F)c1)[C@@H](C)C(N)=O. The van der Waals surface area contributed by atoms with E-state index in [-0.39, 0.29) is 24.2 Å². The van der Waals surface area contributed by atoms with E-state index >= 15 is 0 Å². The Labute approximate surface area is 152 Å². The fourth-order valence-electron chi connectivity index (χ4n) is 2.68. The van der Waals surface area contributed by atoms with Gasteiger partial charge in [0, 0.05) is 12.5 Å². The molecular formula is C19H26F2N2O3. The third kappa shape index (κ3) is 6.20. The van der Waals surface area contributed by atoms with Crippen LogP contribution in [0.25, 0.3) is 0 Å². The Kier molecular flexibility index (Phi) is 7.86. The number of benzene rings is 1. The van der Waals surface area contributed by atoms with Gasteiger partial charge in [-0.05, 0) is 43.9 Å². The molecule has 0 saturated heterocycles. The third-order valence-electron chi connectivity index (χ3n) is 4.25. The fourth-order valence-corrected chi connectivity index (χ4v) is 2.68. The van der Waals surface area contributed by atoms with Crippen molar-refractivity contribution in [3.05, 3.63) is 35.4 Å². The van der Waals surface area contributed by atoms with E-state index in [9.17, 15) is 23.2 Å². The lowest BCUT2D eigenvalue weighted by atomic mass is 10.00. The number of carbonyl (C=O) groups excluding carboxylic acids is 3. The summed E-state index contributed by atoms with van der Waals surface area (Å²) < 4.78 is 26.7. The molecule has 26 heavy (non-hydrogen) atoms. The molecule has 144 valence electrons. The van der Waals surface area contributed by atoms with Gasteiger partial charge >= 0.3 is 0 Å². The Morgan fingerprint density at radius 3 is 2.00 bits per heavy atom. The van der Waals surface area contributed by atoms with Gasteiger partial charge in [-0.25, -0.2) is 8.78 Å². The third-order valence-corrected chi connectivity index (χ3v) is 4.25.